The van der Waals surface area contributed by atoms with Gasteiger partial charge in [-0.25, -0.2) is 9.59 Å². The zero-order valence-corrected chi connectivity index (χ0v) is 26.0. The summed E-state index contributed by atoms with van der Waals surface area (Å²) in [6, 6.07) is 23.6. The zero-order valence-electron chi connectivity index (χ0n) is 26.0. The van der Waals surface area contributed by atoms with E-state index in [1.54, 1.807) is 12.1 Å². The van der Waals surface area contributed by atoms with Gasteiger partial charge in [0.25, 0.3) is 0 Å². The number of carbonyl (C=O) groups is 2. The Morgan fingerprint density at radius 2 is 1.40 bits per heavy atom. The Kier molecular flexibility index (Phi) is 8.29. The van der Waals surface area contributed by atoms with Crippen LogP contribution in [0.5, 0.6) is 0 Å². The number of nitrogens with one attached hydrogen (secondary N) is 1. The second-order valence-electron chi connectivity index (χ2n) is 13.1. The number of esters is 1. The fraction of sp³-hybridized carbons (Fsp3) is 0.371. The van der Waals surface area contributed by atoms with E-state index in [-0.39, 0.29) is 19.1 Å². The molecular formula is C35H40BNO6. The number of carbonyl (C=O) groups excluding carboxylic acids is 2. The number of rotatable bonds is 7. The van der Waals surface area contributed by atoms with E-state index in [2.05, 4.69) is 29.6 Å². The van der Waals surface area contributed by atoms with Crippen molar-refractivity contribution in [2.75, 3.05) is 13.2 Å². The maximum absolute atomic E-state index is 13.1. The summed E-state index contributed by atoms with van der Waals surface area (Å²) in [6.07, 6.45) is 1.27. The molecule has 1 saturated heterocycles. The van der Waals surface area contributed by atoms with Crippen LogP contribution in [0.2, 0.25) is 0 Å². The maximum Gasteiger partial charge on any atom is 0.492 e. The second kappa shape index (κ2) is 11.7. The van der Waals surface area contributed by atoms with Crippen molar-refractivity contribution in [1.29, 1.82) is 0 Å². The third-order valence-corrected chi connectivity index (χ3v) is 8.26. The van der Waals surface area contributed by atoms with Gasteiger partial charge >= 0.3 is 19.2 Å². The van der Waals surface area contributed by atoms with Crippen molar-refractivity contribution in [3.63, 3.8) is 0 Å². The fourth-order valence-electron chi connectivity index (χ4n) is 5.36. The summed E-state index contributed by atoms with van der Waals surface area (Å²) < 4.78 is 24.1. The summed E-state index contributed by atoms with van der Waals surface area (Å²) in [5, 5.41) is 2.89. The van der Waals surface area contributed by atoms with Gasteiger partial charge in [-0.15, -0.1) is 0 Å². The summed E-state index contributed by atoms with van der Waals surface area (Å²) >= 11 is 0. The number of ether oxygens (including phenoxy) is 2. The lowest BCUT2D eigenvalue weighted by atomic mass is 9.76. The molecular weight excluding hydrogens is 541 g/mol. The minimum Gasteiger partial charge on any atom is -0.456 e. The van der Waals surface area contributed by atoms with Crippen LogP contribution in [0.4, 0.5) is 4.79 Å². The third kappa shape index (κ3) is 6.55. The second-order valence-corrected chi connectivity index (χ2v) is 13.1. The van der Waals surface area contributed by atoms with Crippen molar-refractivity contribution >= 4 is 25.3 Å². The number of hydrogen-bond acceptors (Lipinski definition) is 6. The normalized spacial score (nSPS) is 17.3. The van der Waals surface area contributed by atoms with Crippen molar-refractivity contribution in [3.8, 4) is 11.1 Å². The summed E-state index contributed by atoms with van der Waals surface area (Å²) in [6.45, 7) is 13.7. The van der Waals surface area contributed by atoms with Crippen LogP contribution < -0.4 is 5.32 Å². The Hall–Kier alpha value is -3.88. The lowest BCUT2D eigenvalue weighted by Gasteiger charge is -2.32. The number of hydrogen-bond donors (Lipinski definition) is 1. The van der Waals surface area contributed by atoms with E-state index in [9.17, 15) is 9.59 Å². The van der Waals surface area contributed by atoms with Gasteiger partial charge in [0.05, 0.1) is 16.8 Å². The van der Waals surface area contributed by atoms with Gasteiger partial charge in [0.15, 0.2) is 0 Å². The van der Waals surface area contributed by atoms with E-state index in [0.29, 0.717) is 16.6 Å². The standard InChI is InChI=1S/C35H40BNO6/c1-33(2,3)41-31(38)25-15-9-8-14-23(25)20-24(36-42-34(4,5)35(6,7)43-36)21-37-32(39)40-22-30-28-18-12-10-16-26(28)27-17-11-13-19-29(27)30/h8-20,30H,21-22H2,1-7H3,(H,37,39). The van der Waals surface area contributed by atoms with Crippen molar-refractivity contribution in [2.45, 2.75) is 71.2 Å². The molecule has 43 heavy (non-hydrogen) atoms. The molecule has 0 atom stereocenters. The molecule has 0 saturated carbocycles. The highest BCUT2D eigenvalue weighted by atomic mass is 16.7. The summed E-state index contributed by atoms with van der Waals surface area (Å²) in [4.78, 5) is 26.1. The Morgan fingerprint density at radius 3 is 1.98 bits per heavy atom. The van der Waals surface area contributed by atoms with Crippen molar-refractivity contribution in [3.05, 3.63) is 101 Å². The number of fused-ring (bicyclic) bond motifs is 3. The summed E-state index contributed by atoms with van der Waals surface area (Å²) in [5.74, 6) is -0.478. The minimum absolute atomic E-state index is 0.0445. The van der Waals surface area contributed by atoms with Crippen molar-refractivity contribution < 1.29 is 28.4 Å². The molecule has 8 heteroatoms. The highest BCUT2D eigenvalue weighted by molar-refractivity contribution is 6.56. The first kappa shape index (κ1) is 30.6. The quantitative estimate of drug-likeness (QED) is 0.235. The molecule has 0 unspecified atom stereocenters. The van der Waals surface area contributed by atoms with E-state index in [0.717, 1.165) is 11.1 Å². The number of benzene rings is 3. The number of amides is 1. The first-order valence-corrected chi connectivity index (χ1v) is 14.7. The van der Waals surface area contributed by atoms with Crippen LogP contribution >= 0.6 is 0 Å². The van der Waals surface area contributed by atoms with Crippen molar-refractivity contribution in [1.82, 2.24) is 5.32 Å². The molecule has 0 aromatic heterocycles. The van der Waals surface area contributed by atoms with Gasteiger partial charge in [0.1, 0.15) is 12.2 Å². The minimum atomic E-state index is -0.745. The monoisotopic (exact) mass is 581 g/mol. The molecule has 0 radical (unpaired) electrons. The molecule has 1 aliphatic heterocycles. The highest BCUT2D eigenvalue weighted by Crippen LogP contribution is 2.44. The summed E-state index contributed by atoms with van der Waals surface area (Å²) in [7, 11) is -0.745. The average Bonchev–Trinajstić information content (AvgIpc) is 3.37. The molecule has 1 amide bonds. The van der Waals surface area contributed by atoms with E-state index < -0.39 is 36.0 Å². The van der Waals surface area contributed by atoms with Crippen LogP contribution in [0.3, 0.4) is 0 Å². The third-order valence-electron chi connectivity index (χ3n) is 8.26. The van der Waals surface area contributed by atoms with Gasteiger partial charge in [-0.05, 0) is 87.8 Å². The largest absolute Gasteiger partial charge is 0.492 e. The lowest BCUT2D eigenvalue weighted by Crippen LogP contribution is -2.41. The van der Waals surface area contributed by atoms with Crippen LogP contribution in [0.1, 0.15) is 81.4 Å². The van der Waals surface area contributed by atoms with E-state index in [1.165, 1.54) is 11.1 Å². The Labute approximate surface area is 254 Å². The van der Waals surface area contributed by atoms with Crippen LogP contribution in [0.25, 0.3) is 17.2 Å². The molecule has 7 nitrogen and oxygen atoms in total. The molecule has 1 fully saturated rings. The maximum atomic E-state index is 13.1. The SMILES string of the molecule is CC(C)(C)OC(=O)c1ccccc1C=C(CNC(=O)OCC1c2ccccc2-c2ccccc21)B1OC(C)(C)C(C)(C)O1. The van der Waals surface area contributed by atoms with Crippen LogP contribution in [-0.4, -0.2) is 49.1 Å². The first-order valence-electron chi connectivity index (χ1n) is 14.7. The smallest absolute Gasteiger partial charge is 0.456 e. The fourth-order valence-corrected chi connectivity index (χ4v) is 5.36. The molecule has 1 heterocycles. The molecule has 3 aromatic rings. The van der Waals surface area contributed by atoms with Gasteiger partial charge in [-0.1, -0.05) is 72.8 Å². The lowest BCUT2D eigenvalue weighted by molar-refractivity contribution is 0.00578. The molecule has 0 spiro atoms. The molecule has 1 N–H and O–H groups in total. The van der Waals surface area contributed by atoms with E-state index >= 15 is 0 Å². The zero-order chi connectivity index (χ0) is 31.0. The molecule has 224 valence electrons. The topological polar surface area (TPSA) is 83.1 Å². The molecule has 3 aromatic carbocycles. The van der Waals surface area contributed by atoms with Gasteiger partial charge in [0.2, 0.25) is 0 Å². The van der Waals surface area contributed by atoms with Gasteiger partial charge in [-0.2, -0.15) is 0 Å². The Balaban J connectivity index is 1.35. The average molecular weight is 582 g/mol. The Bertz CT molecular complexity index is 1490. The van der Waals surface area contributed by atoms with Crippen molar-refractivity contribution in [2.24, 2.45) is 0 Å². The van der Waals surface area contributed by atoms with Gasteiger partial charge in [0, 0.05) is 12.5 Å². The number of alkyl carbamates (subject to hydrolysis) is 1. The first-order chi connectivity index (χ1) is 20.3. The molecule has 1 aliphatic carbocycles. The van der Waals surface area contributed by atoms with Gasteiger partial charge in [-0.3, -0.25) is 0 Å². The van der Waals surface area contributed by atoms with Crippen LogP contribution in [0.15, 0.2) is 78.3 Å². The highest BCUT2D eigenvalue weighted by Gasteiger charge is 2.52. The molecule has 5 rings (SSSR count). The van der Waals surface area contributed by atoms with Gasteiger partial charge < -0.3 is 24.1 Å². The van der Waals surface area contributed by atoms with E-state index in [4.69, 9.17) is 18.8 Å². The predicted octanol–water partition coefficient (Wildman–Crippen LogP) is 7.20. The molecule has 2 aliphatic rings. The van der Waals surface area contributed by atoms with E-state index in [1.807, 2.05) is 90.9 Å². The van der Waals surface area contributed by atoms with Crippen LogP contribution in [-0.2, 0) is 18.8 Å². The predicted molar refractivity (Wildman–Crippen MR) is 169 cm³/mol. The summed E-state index contributed by atoms with van der Waals surface area (Å²) in [5.41, 5.74) is 4.49. The molecule has 0 bridgehead atoms. The van der Waals surface area contributed by atoms with Crippen LogP contribution in [0, 0.1) is 0 Å². The Morgan fingerprint density at radius 1 is 0.860 bits per heavy atom.